The van der Waals surface area contributed by atoms with Gasteiger partial charge in [-0.1, -0.05) is 0 Å². The molecule has 0 aromatic carbocycles. The molecule has 0 bridgehead atoms. The minimum absolute atomic E-state index is 0.0109. The van der Waals surface area contributed by atoms with Gasteiger partial charge in [-0.15, -0.1) is 0 Å². The predicted octanol–water partition coefficient (Wildman–Crippen LogP) is -0.760. The second kappa shape index (κ2) is 5.48. The fourth-order valence-corrected chi connectivity index (χ4v) is 1.55. The molecule has 0 N–H and O–H groups in total. The van der Waals surface area contributed by atoms with Crippen LogP contribution in [0.25, 0.3) is 0 Å². The van der Waals surface area contributed by atoms with Crippen LogP contribution in [0.3, 0.4) is 0 Å². The van der Waals surface area contributed by atoms with E-state index in [-0.39, 0.29) is 12.5 Å². The quantitative estimate of drug-likeness (QED) is 0.437. The topological polar surface area (TPSA) is 66.9 Å². The fourth-order valence-electron chi connectivity index (χ4n) is 1.55. The summed E-state index contributed by atoms with van der Waals surface area (Å²) in [6, 6.07) is 0. The first-order chi connectivity index (χ1) is 7.56. The number of carbonyl (C=O) groups is 3. The zero-order valence-electron chi connectivity index (χ0n) is 9.56. The summed E-state index contributed by atoms with van der Waals surface area (Å²) in [5.41, 5.74) is 0. The molecule has 0 atom stereocenters. The second-order valence-corrected chi connectivity index (χ2v) is 3.52. The molecule has 0 aromatic rings. The third kappa shape index (κ3) is 2.95. The second-order valence-electron chi connectivity index (χ2n) is 3.52. The zero-order valence-corrected chi connectivity index (χ0v) is 9.56. The maximum absolute atomic E-state index is 11.5. The van der Waals surface area contributed by atoms with E-state index in [2.05, 4.69) is 4.74 Å². The minimum Gasteiger partial charge on any atom is -0.459 e. The van der Waals surface area contributed by atoms with Crippen molar-refractivity contribution < 1.29 is 19.1 Å². The van der Waals surface area contributed by atoms with Gasteiger partial charge >= 0.3 is 11.9 Å². The number of rotatable bonds is 1. The molecular formula is C10H16N2O4. The van der Waals surface area contributed by atoms with Gasteiger partial charge in [0.05, 0.1) is 6.61 Å². The molecule has 6 nitrogen and oxygen atoms in total. The van der Waals surface area contributed by atoms with Crippen LogP contribution in [0.4, 0.5) is 0 Å². The Labute approximate surface area is 94.1 Å². The van der Waals surface area contributed by atoms with Crippen molar-refractivity contribution >= 4 is 17.8 Å². The highest BCUT2D eigenvalue weighted by Crippen LogP contribution is 2.03. The molecule has 1 aliphatic heterocycles. The molecule has 1 aliphatic rings. The SMILES string of the molecule is CCOC(=O)C(=O)N1CCN(C(C)=O)CC1. The lowest BCUT2D eigenvalue weighted by Crippen LogP contribution is -2.51. The average molecular weight is 228 g/mol. The Morgan fingerprint density at radius 1 is 1.06 bits per heavy atom. The van der Waals surface area contributed by atoms with Crippen LogP contribution in [-0.2, 0) is 19.1 Å². The molecule has 0 aromatic heterocycles. The molecule has 1 fully saturated rings. The van der Waals surface area contributed by atoms with E-state index < -0.39 is 11.9 Å². The highest BCUT2D eigenvalue weighted by Gasteiger charge is 2.27. The van der Waals surface area contributed by atoms with Crippen molar-refractivity contribution in [3.63, 3.8) is 0 Å². The summed E-state index contributed by atoms with van der Waals surface area (Å²) >= 11 is 0. The van der Waals surface area contributed by atoms with Crippen LogP contribution in [0.1, 0.15) is 13.8 Å². The van der Waals surface area contributed by atoms with Gasteiger partial charge in [0, 0.05) is 33.1 Å². The molecule has 0 unspecified atom stereocenters. The summed E-state index contributed by atoms with van der Waals surface area (Å²) in [6.07, 6.45) is 0. The normalized spacial score (nSPS) is 15.9. The van der Waals surface area contributed by atoms with Crippen molar-refractivity contribution in [1.82, 2.24) is 9.80 Å². The lowest BCUT2D eigenvalue weighted by Gasteiger charge is -2.33. The van der Waals surface area contributed by atoms with E-state index in [1.165, 1.54) is 11.8 Å². The summed E-state index contributed by atoms with van der Waals surface area (Å²) in [5.74, 6) is -1.45. The lowest BCUT2D eigenvalue weighted by molar-refractivity contribution is -0.161. The van der Waals surface area contributed by atoms with Crippen LogP contribution in [-0.4, -0.2) is 60.4 Å². The number of piperazine rings is 1. The molecule has 0 spiro atoms. The van der Waals surface area contributed by atoms with Crippen molar-refractivity contribution in [3.05, 3.63) is 0 Å². The van der Waals surface area contributed by atoms with E-state index in [9.17, 15) is 14.4 Å². The van der Waals surface area contributed by atoms with Crippen molar-refractivity contribution in [2.24, 2.45) is 0 Å². The molecule has 6 heteroatoms. The molecule has 1 rings (SSSR count). The number of ether oxygens (including phenoxy) is 1. The summed E-state index contributed by atoms with van der Waals surface area (Å²) in [6.45, 7) is 5.05. The van der Waals surface area contributed by atoms with E-state index in [0.717, 1.165) is 0 Å². The first-order valence-corrected chi connectivity index (χ1v) is 5.27. The van der Waals surface area contributed by atoms with Crippen LogP contribution in [0.15, 0.2) is 0 Å². The van der Waals surface area contributed by atoms with E-state index in [1.807, 2.05) is 0 Å². The molecule has 0 aliphatic carbocycles. The Kier molecular flexibility index (Phi) is 4.28. The third-order valence-corrected chi connectivity index (χ3v) is 2.46. The number of nitrogens with zero attached hydrogens (tertiary/aromatic N) is 2. The molecule has 90 valence electrons. The Bertz CT molecular complexity index is 295. The molecule has 0 saturated carbocycles. The third-order valence-electron chi connectivity index (χ3n) is 2.46. The molecule has 1 saturated heterocycles. The van der Waals surface area contributed by atoms with Crippen molar-refractivity contribution in [2.75, 3.05) is 32.8 Å². The number of amides is 2. The molecule has 0 radical (unpaired) electrons. The van der Waals surface area contributed by atoms with Crippen LogP contribution in [0, 0.1) is 0 Å². The molecule has 16 heavy (non-hydrogen) atoms. The lowest BCUT2D eigenvalue weighted by atomic mass is 10.3. The first kappa shape index (κ1) is 12.5. The van der Waals surface area contributed by atoms with Crippen LogP contribution >= 0.6 is 0 Å². The molecule has 2 amide bonds. The van der Waals surface area contributed by atoms with Crippen LogP contribution in [0.5, 0.6) is 0 Å². The fraction of sp³-hybridized carbons (Fsp3) is 0.700. The maximum atomic E-state index is 11.5. The van der Waals surface area contributed by atoms with Gasteiger partial charge < -0.3 is 14.5 Å². The van der Waals surface area contributed by atoms with Crippen molar-refractivity contribution in [2.45, 2.75) is 13.8 Å². The largest absolute Gasteiger partial charge is 0.459 e. The summed E-state index contributed by atoms with van der Waals surface area (Å²) < 4.78 is 4.62. The van der Waals surface area contributed by atoms with Crippen molar-refractivity contribution in [3.8, 4) is 0 Å². The zero-order chi connectivity index (χ0) is 12.1. The molecule has 1 heterocycles. The minimum atomic E-state index is -0.821. The maximum Gasteiger partial charge on any atom is 0.397 e. The van der Waals surface area contributed by atoms with Crippen molar-refractivity contribution in [1.29, 1.82) is 0 Å². The summed E-state index contributed by atoms with van der Waals surface area (Å²) in [7, 11) is 0. The predicted molar refractivity (Wildman–Crippen MR) is 55.5 cm³/mol. The van der Waals surface area contributed by atoms with Gasteiger partial charge in [0.1, 0.15) is 0 Å². The van der Waals surface area contributed by atoms with Crippen LogP contribution in [0.2, 0.25) is 0 Å². The van der Waals surface area contributed by atoms with Gasteiger partial charge in [-0.25, -0.2) is 4.79 Å². The summed E-state index contributed by atoms with van der Waals surface area (Å²) in [4.78, 5) is 36.8. The van der Waals surface area contributed by atoms with E-state index >= 15 is 0 Å². The Hall–Kier alpha value is -1.59. The van der Waals surface area contributed by atoms with Gasteiger partial charge in [0.2, 0.25) is 5.91 Å². The molecular weight excluding hydrogens is 212 g/mol. The van der Waals surface area contributed by atoms with Crippen LogP contribution < -0.4 is 0 Å². The van der Waals surface area contributed by atoms with E-state index in [4.69, 9.17) is 0 Å². The monoisotopic (exact) mass is 228 g/mol. The Balaban J connectivity index is 2.44. The van der Waals surface area contributed by atoms with Gasteiger partial charge in [-0.2, -0.15) is 0 Å². The highest BCUT2D eigenvalue weighted by molar-refractivity contribution is 6.32. The number of hydrogen-bond donors (Lipinski definition) is 0. The average Bonchev–Trinajstić information content (AvgIpc) is 2.28. The first-order valence-electron chi connectivity index (χ1n) is 5.27. The summed E-state index contributed by atoms with van der Waals surface area (Å²) in [5, 5.41) is 0. The van der Waals surface area contributed by atoms with Gasteiger partial charge in [0.15, 0.2) is 0 Å². The highest BCUT2D eigenvalue weighted by atomic mass is 16.5. The number of hydrogen-bond acceptors (Lipinski definition) is 4. The Morgan fingerprint density at radius 3 is 2.00 bits per heavy atom. The number of carbonyl (C=O) groups excluding carboxylic acids is 3. The van der Waals surface area contributed by atoms with E-state index in [1.54, 1.807) is 11.8 Å². The van der Waals surface area contributed by atoms with Gasteiger partial charge in [-0.3, -0.25) is 9.59 Å². The number of esters is 1. The standard InChI is InChI=1S/C10H16N2O4/c1-3-16-10(15)9(14)12-6-4-11(5-7-12)8(2)13/h3-7H2,1-2H3. The Morgan fingerprint density at radius 2 is 1.56 bits per heavy atom. The van der Waals surface area contributed by atoms with Gasteiger partial charge in [-0.05, 0) is 6.92 Å². The van der Waals surface area contributed by atoms with E-state index in [0.29, 0.717) is 26.2 Å². The van der Waals surface area contributed by atoms with Gasteiger partial charge in [0.25, 0.3) is 0 Å². The smallest absolute Gasteiger partial charge is 0.397 e.